The third kappa shape index (κ3) is 3.69. The van der Waals surface area contributed by atoms with E-state index in [0.29, 0.717) is 19.6 Å². The molecule has 2 saturated heterocycles. The van der Waals surface area contributed by atoms with Gasteiger partial charge in [-0.2, -0.15) is 0 Å². The second-order valence-corrected chi connectivity index (χ2v) is 6.47. The Bertz CT molecular complexity index is 557. The molecule has 0 saturated carbocycles. The molecule has 23 heavy (non-hydrogen) atoms. The average molecular weight is 317 g/mol. The maximum atomic E-state index is 12.4. The number of hydrogen-bond donors (Lipinski definition) is 1. The maximum Gasteiger partial charge on any atom is 0.308 e. The second-order valence-electron chi connectivity index (χ2n) is 6.47. The Morgan fingerprint density at radius 3 is 2.65 bits per heavy atom. The molecule has 0 spiro atoms. The number of carbonyl (C=O) groups is 2. The monoisotopic (exact) mass is 317 g/mol. The lowest BCUT2D eigenvalue weighted by atomic mass is 9.90. The molecule has 0 aromatic carbocycles. The van der Waals surface area contributed by atoms with Gasteiger partial charge in [0.1, 0.15) is 0 Å². The summed E-state index contributed by atoms with van der Waals surface area (Å²) < 4.78 is 0. The zero-order chi connectivity index (χ0) is 16.2. The molecule has 0 radical (unpaired) electrons. The van der Waals surface area contributed by atoms with E-state index in [-0.39, 0.29) is 11.8 Å². The first-order chi connectivity index (χ1) is 11.1. The Hall–Kier alpha value is -1.95. The van der Waals surface area contributed by atoms with Crippen molar-refractivity contribution in [3.8, 4) is 0 Å². The van der Waals surface area contributed by atoms with Crippen molar-refractivity contribution in [1.82, 2.24) is 14.8 Å². The molecule has 124 valence electrons. The smallest absolute Gasteiger partial charge is 0.308 e. The fourth-order valence-corrected chi connectivity index (χ4v) is 3.63. The number of carboxylic acids is 1. The van der Waals surface area contributed by atoms with E-state index in [1.54, 1.807) is 12.4 Å². The summed E-state index contributed by atoms with van der Waals surface area (Å²) in [5.74, 6) is -1.25. The minimum Gasteiger partial charge on any atom is -0.481 e. The number of aliphatic carboxylic acids is 1. The van der Waals surface area contributed by atoms with Gasteiger partial charge in [0.15, 0.2) is 0 Å². The van der Waals surface area contributed by atoms with Gasteiger partial charge in [-0.25, -0.2) is 0 Å². The molecule has 6 nitrogen and oxygen atoms in total. The van der Waals surface area contributed by atoms with Crippen LogP contribution in [0.25, 0.3) is 0 Å². The van der Waals surface area contributed by atoms with Gasteiger partial charge in [0.2, 0.25) is 5.91 Å². The van der Waals surface area contributed by atoms with E-state index in [2.05, 4.69) is 4.98 Å². The summed E-state index contributed by atoms with van der Waals surface area (Å²) in [6, 6.07) is 3.75. The van der Waals surface area contributed by atoms with E-state index in [1.807, 2.05) is 21.9 Å². The number of rotatable bonds is 4. The number of aromatic nitrogens is 1. The van der Waals surface area contributed by atoms with Crippen molar-refractivity contribution in [2.24, 2.45) is 5.92 Å². The number of nitrogens with zero attached hydrogens (tertiary/aromatic N) is 3. The first-order valence-electron chi connectivity index (χ1n) is 8.28. The van der Waals surface area contributed by atoms with Crippen molar-refractivity contribution in [3.63, 3.8) is 0 Å². The number of piperidine rings is 1. The molecular weight excluding hydrogens is 294 g/mol. The quantitative estimate of drug-likeness (QED) is 0.903. The van der Waals surface area contributed by atoms with E-state index in [0.717, 1.165) is 31.5 Å². The summed E-state index contributed by atoms with van der Waals surface area (Å²) in [5.41, 5.74) is 0.938. The zero-order valence-electron chi connectivity index (χ0n) is 13.2. The molecule has 2 atom stereocenters. The van der Waals surface area contributed by atoms with Gasteiger partial charge in [0.25, 0.3) is 0 Å². The molecule has 1 amide bonds. The molecule has 3 heterocycles. The van der Waals surface area contributed by atoms with Gasteiger partial charge in [0.05, 0.1) is 12.5 Å². The average Bonchev–Trinajstić information content (AvgIpc) is 3.00. The topological polar surface area (TPSA) is 73.7 Å². The normalized spacial score (nSPS) is 25.5. The van der Waals surface area contributed by atoms with Gasteiger partial charge in [-0.05, 0) is 30.9 Å². The van der Waals surface area contributed by atoms with Gasteiger partial charge in [-0.15, -0.1) is 0 Å². The molecule has 1 aromatic rings. The molecule has 0 unspecified atom stereocenters. The van der Waals surface area contributed by atoms with Crippen molar-refractivity contribution in [2.75, 3.05) is 32.7 Å². The summed E-state index contributed by atoms with van der Waals surface area (Å²) in [4.78, 5) is 32.0. The largest absolute Gasteiger partial charge is 0.481 e. The first kappa shape index (κ1) is 15.9. The first-order valence-corrected chi connectivity index (χ1v) is 8.28. The van der Waals surface area contributed by atoms with E-state index in [1.165, 1.54) is 6.42 Å². The maximum absolute atomic E-state index is 12.4. The van der Waals surface area contributed by atoms with Crippen LogP contribution in [0.2, 0.25) is 0 Å². The van der Waals surface area contributed by atoms with Crippen molar-refractivity contribution in [2.45, 2.75) is 25.2 Å². The molecule has 1 aromatic heterocycles. The number of pyridine rings is 1. The SMILES string of the molecule is O=C(O)[C@@H]1CN(CC(=O)N2CCCCC2)C[C@H]1c1cccnc1. The van der Waals surface area contributed by atoms with Crippen molar-refractivity contribution in [3.05, 3.63) is 30.1 Å². The van der Waals surface area contributed by atoms with Crippen LogP contribution in [-0.4, -0.2) is 64.5 Å². The molecule has 2 fully saturated rings. The summed E-state index contributed by atoms with van der Waals surface area (Å²) in [6.45, 7) is 3.01. The Balaban J connectivity index is 1.65. The van der Waals surface area contributed by atoms with Gasteiger partial charge < -0.3 is 10.0 Å². The molecule has 1 N–H and O–H groups in total. The van der Waals surface area contributed by atoms with E-state index in [4.69, 9.17) is 0 Å². The fourth-order valence-electron chi connectivity index (χ4n) is 3.63. The highest BCUT2D eigenvalue weighted by molar-refractivity contribution is 5.79. The van der Waals surface area contributed by atoms with Crippen LogP contribution in [0.4, 0.5) is 0 Å². The van der Waals surface area contributed by atoms with Crippen molar-refractivity contribution in [1.29, 1.82) is 0 Å². The number of amides is 1. The minimum atomic E-state index is -0.799. The third-order valence-electron chi connectivity index (χ3n) is 4.89. The Labute approximate surface area is 136 Å². The lowest BCUT2D eigenvalue weighted by Gasteiger charge is -2.28. The van der Waals surface area contributed by atoms with Crippen molar-refractivity contribution < 1.29 is 14.7 Å². The van der Waals surface area contributed by atoms with Crippen LogP contribution in [0.3, 0.4) is 0 Å². The molecule has 0 bridgehead atoms. The van der Waals surface area contributed by atoms with Crippen LogP contribution in [0, 0.1) is 5.92 Å². The van der Waals surface area contributed by atoms with Crippen LogP contribution in [0.15, 0.2) is 24.5 Å². The van der Waals surface area contributed by atoms with Crippen LogP contribution in [0.1, 0.15) is 30.7 Å². The highest BCUT2D eigenvalue weighted by atomic mass is 16.4. The number of hydrogen-bond acceptors (Lipinski definition) is 4. The zero-order valence-corrected chi connectivity index (χ0v) is 13.2. The number of likely N-dealkylation sites (tertiary alicyclic amines) is 2. The molecule has 2 aliphatic rings. The Morgan fingerprint density at radius 2 is 2.00 bits per heavy atom. The van der Waals surface area contributed by atoms with Crippen LogP contribution in [0.5, 0.6) is 0 Å². The summed E-state index contributed by atoms with van der Waals surface area (Å²) >= 11 is 0. The second kappa shape index (κ2) is 7.08. The van der Waals surface area contributed by atoms with Gasteiger partial charge in [-0.1, -0.05) is 6.07 Å². The van der Waals surface area contributed by atoms with Crippen LogP contribution in [-0.2, 0) is 9.59 Å². The molecule has 0 aliphatic carbocycles. The van der Waals surface area contributed by atoms with Gasteiger partial charge in [0, 0.05) is 44.5 Å². The molecule has 3 rings (SSSR count). The fraction of sp³-hybridized carbons (Fsp3) is 0.588. The van der Waals surface area contributed by atoms with E-state index < -0.39 is 11.9 Å². The summed E-state index contributed by atoms with van der Waals surface area (Å²) in [6.07, 6.45) is 6.75. The Kier molecular flexibility index (Phi) is 4.91. The third-order valence-corrected chi connectivity index (χ3v) is 4.89. The Morgan fingerprint density at radius 1 is 1.22 bits per heavy atom. The predicted octanol–water partition coefficient (Wildman–Crippen LogP) is 1.19. The highest BCUT2D eigenvalue weighted by Gasteiger charge is 2.39. The lowest BCUT2D eigenvalue weighted by Crippen LogP contribution is -2.42. The van der Waals surface area contributed by atoms with E-state index >= 15 is 0 Å². The molecule has 6 heteroatoms. The number of carboxylic acid groups (broad SMARTS) is 1. The van der Waals surface area contributed by atoms with Crippen LogP contribution < -0.4 is 0 Å². The van der Waals surface area contributed by atoms with Crippen molar-refractivity contribution >= 4 is 11.9 Å². The number of carbonyl (C=O) groups excluding carboxylic acids is 1. The summed E-state index contributed by atoms with van der Waals surface area (Å²) in [7, 11) is 0. The lowest BCUT2D eigenvalue weighted by molar-refractivity contribution is -0.142. The van der Waals surface area contributed by atoms with Gasteiger partial charge >= 0.3 is 5.97 Å². The highest BCUT2D eigenvalue weighted by Crippen LogP contribution is 2.32. The van der Waals surface area contributed by atoms with Crippen LogP contribution >= 0.6 is 0 Å². The summed E-state index contributed by atoms with van der Waals surface area (Å²) in [5, 5.41) is 9.50. The van der Waals surface area contributed by atoms with E-state index in [9.17, 15) is 14.7 Å². The molecular formula is C17H23N3O3. The minimum absolute atomic E-state index is 0.102. The standard InChI is InChI=1S/C17H23N3O3/c21-16(20-7-2-1-3-8-20)12-19-10-14(15(11-19)17(22)23)13-5-4-6-18-9-13/h4-6,9,14-15H,1-3,7-8,10-12H2,(H,22,23)/t14-,15+/m0/s1. The van der Waals surface area contributed by atoms with Gasteiger partial charge in [-0.3, -0.25) is 19.5 Å². The predicted molar refractivity (Wildman–Crippen MR) is 85.0 cm³/mol. The molecule has 2 aliphatic heterocycles.